The molecule has 74 valence electrons. The maximum absolute atomic E-state index is 11.6. The van der Waals surface area contributed by atoms with Gasteiger partial charge in [0, 0.05) is 18.5 Å². The second kappa shape index (κ2) is 2.66. The monoisotopic (exact) mass is 200 g/mol. The molecule has 0 aliphatic carbocycles. The average molecular weight is 200 g/mol. The summed E-state index contributed by atoms with van der Waals surface area (Å²) in [6.07, 6.45) is 3.42. The molecule has 15 heavy (non-hydrogen) atoms. The highest BCUT2D eigenvalue weighted by Crippen LogP contribution is 2.12. The molecule has 2 aromatic heterocycles. The Bertz CT molecular complexity index is 659. The van der Waals surface area contributed by atoms with Crippen molar-refractivity contribution in [2.45, 2.75) is 6.92 Å². The molecule has 0 fully saturated rings. The summed E-state index contributed by atoms with van der Waals surface area (Å²) < 4.78 is 1.79. The Hall–Kier alpha value is -2.17. The van der Waals surface area contributed by atoms with E-state index in [1.165, 1.54) is 0 Å². The zero-order chi connectivity index (χ0) is 10.4. The Kier molecular flexibility index (Phi) is 1.45. The van der Waals surface area contributed by atoms with Crippen LogP contribution in [0.15, 0.2) is 30.6 Å². The van der Waals surface area contributed by atoms with Crippen LogP contribution in [0.25, 0.3) is 16.8 Å². The quantitative estimate of drug-likeness (QED) is 0.399. The minimum absolute atomic E-state index is 0.418. The van der Waals surface area contributed by atoms with Crippen molar-refractivity contribution < 1.29 is 4.85 Å². The van der Waals surface area contributed by atoms with Gasteiger partial charge in [-0.3, -0.25) is 4.40 Å². The minimum Gasteiger partial charge on any atom is -0.594 e. The van der Waals surface area contributed by atoms with Crippen LogP contribution < -0.4 is 4.85 Å². The molecule has 5 heteroatoms. The van der Waals surface area contributed by atoms with Crippen LogP contribution in [0.5, 0.6) is 0 Å². The molecule has 0 aliphatic rings. The van der Waals surface area contributed by atoms with E-state index in [0.717, 1.165) is 11.1 Å². The van der Waals surface area contributed by atoms with Crippen molar-refractivity contribution >= 4 is 16.8 Å². The summed E-state index contributed by atoms with van der Waals surface area (Å²) in [6, 6.07) is 5.67. The molecule has 0 amide bonds. The molecule has 0 spiro atoms. The van der Waals surface area contributed by atoms with Crippen molar-refractivity contribution in [3.8, 4) is 0 Å². The lowest BCUT2D eigenvalue weighted by atomic mass is 10.2. The van der Waals surface area contributed by atoms with Crippen molar-refractivity contribution in [2.75, 3.05) is 0 Å². The van der Waals surface area contributed by atoms with E-state index in [9.17, 15) is 5.21 Å². The Morgan fingerprint density at radius 3 is 3.13 bits per heavy atom. The molecule has 0 bridgehead atoms. The maximum Gasteiger partial charge on any atom is 0.301 e. The molecule has 0 atom stereocenters. The van der Waals surface area contributed by atoms with Gasteiger partial charge in [-0.05, 0) is 23.4 Å². The Morgan fingerprint density at radius 2 is 2.27 bits per heavy atom. The van der Waals surface area contributed by atoms with Crippen LogP contribution in [0, 0.1) is 12.1 Å². The Labute approximate surface area is 85.2 Å². The van der Waals surface area contributed by atoms with Crippen LogP contribution >= 0.6 is 0 Å². The SMILES string of the molecule is Cc1ccc2c(c1)[n+]([O-])nc1nccn12. The molecule has 0 saturated carbocycles. The number of rotatable bonds is 0. The minimum atomic E-state index is 0.418. The van der Waals surface area contributed by atoms with Crippen LogP contribution in [0.1, 0.15) is 5.56 Å². The molecule has 0 saturated heterocycles. The van der Waals surface area contributed by atoms with Gasteiger partial charge in [0.25, 0.3) is 5.52 Å². The largest absolute Gasteiger partial charge is 0.594 e. The standard InChI is InChI=1S/C10H8N4O/c1-7-2-3-8-9(6-7)14(15)12-10-11-4-5-13(8)10/h2-6H,1H3. The first kappa shape index (κ1) is 8.16. The summed E-state index contributed by atoms with van der Waals surface area (Å²) in [5.74, 6) is 0.418. The summed E-state index contributed by atoms with van der Waals surface area (Å²) >= 11 is 0. The van der Waals surface area contributed by atoms with Gasteiger partial charge in [0.2, 0.25) is 0 Å². The summed E-state index contributed by atoms with van der Waals surface area (Å²) in [7, 11) is 0. The normalized spacial score (nSPS) is 11.3. The van der Waals surface area contributed by atoms with Gasteiger partial charge < -0.3 is 5.21 Å². The van der Waals surface area contributed by atoms with Gasteiger partial charge in [0.05, 0.1) is 5.10 Å². The van der Waals surface area contributed by atoms with Crippen LogP contribution in [0.2, 0.25) is 0 Å². The van der Waals surface area contributed by atoms with Crippen molar-refractivity contribution in [3.63, 3.8) is 0 Å². The smallest absolute Gasteiger partial charge is 0.301 e. The van der Waals surface area contributed by atoms with Gasteiger partial charge in [-0.15, -0.1) is 0 Å². The lowest BCUT2D eigenvalue weighted by molar-refractivity contribution is -0.640. The summed E-state index contributed by atoms with van der Waals surface area (Å²) in [4.78, 5) is 4.60. The highest BCUT2D eigenvalue weighted by molar-refractivity contribution is 5.74. The third-order valence-corrected chi connectivity index (χ3v) is 2.40. The Balaban J connectivity index is 2.61. The fourth-order valence-corrected chi connectivity index (χ4v) is 1.68. The molecule has 0 N–H and O–H groups in total. The second-order valence-electron chi connectivity index (χ2n) is 3.46. The molecule has 0 unspecified atom stereocenters. The van der Waals surface area contributed by atoms with Crippen LogP contribution in [0.4, 0.5) is 0 Å². The first-order valence-electron chi connectivity index (χ1n) is 4.59. The van der Waals surface area contributed by atoms with Crippen LogP contribution in [-0.2, 0) is 0 Å². The molecular formula is C10H8N4O. The van der Waals surface area contributed by atoms with Crippen molar-refractivity contribution in [2.24, 2.45) is 0 Å². The first-order chi connectivity index (χ1) is 7.25. The average Bonchev–Trinajstić information content (AvgIpc) is 2.66. The van der Waals surface area contributed by atoms with Gasteiger partial charge in [-0.2, -0.15) is 0 Å². The van der Waals surface area contributed by atoms with Gasteiger partial charge in [-0.1, -0.05) is 6.07 Å². The van der Waals surface area contributed by atoms with E-state index in [0.29, 0.717) is 16.1 Å². The molecule has 1 aromatic carbocycles. The fraction of sp³-hybridized carbons (Fsp3) is 0.100. The van der Waals surface area contributed by atoms with Crippen molar-refractivity contribution in [3.05, 3.63) is 41.4 Å². The summed E-state index contributed by atoms with van der Waals surface area (Å²) in [5.41, 5.74) is 2.41. The van der Waals surface area contributed by atoms with E-state index < -0.39 is 0 Å². The maximum atomic E-state index is 11.6. The van der Waals surface area contributed by atoms with Crippen LogP contribution in [-0.4, -0.2) is 14.5 Å². The lowest BCUT2D eigenvalue weighted by Gasteiger charge is -2.01. The number of nitrogens with zero attached hydrogens (tertiary/aromatic N) is 4. The van der Waals surface area contributed by atoms with Gasteiger partial charge >= 0.3 is 5.78 Å². The number of aromatic nitrogens is 4. The van der Waals surface area contributed by atoms with E-state index in [1.807, 2.05) is 25.1 Å². The third-order valence-electron chi connectivity index (χ3n) is 2.40. The Morgan fingerprint density at radius 1 is 1.40 bits per heavy atom. The molecule has 3 rings (SSSR count). The predicted octanol–water partition coefficient (Wildman–Crippen LogP) is 0.824. The lowest BCUT2D eigenvalue weighted by Crippen LogP contribution is -2.33. The summed E-state index contributed by atoms with van der Waals surface area (Å²) in [6.45, 7) is 1.94. The molecule has 0 radical (unpaired) electrons. The van der Waals surface area contributed by atoms with E-state index in [4.69, 9.17) is 0 Å². The molecule has 3 aromatic rings. The zero-order valence-electron chi connectivity index (χ0n) is 8.08. The highest BCUT2D eigenvalue weighted by atomic mass is 16.5. The fourth-order valence-electron chi connectivity index (χ4n) is 1.68. The molecule has 0 aliphatic heterocycles. The van der Waals surface area contributed by atoms with Crippen molar-refractivity contribution in [1.29, 1.82) is 0 Å². The number of aryl methyl sites for hydroxylation is 1. The number of benzene rings is 1. The number of fused-ring (bicyclic) bond motifs is 3. The predicted molar refractivity (Wildman–Crippen MR) is 54.2 cm³/mol. The van der Waals surface area contributed by atoms with E-state index in [1.54, 1.807) is 16.8 Å². The first-order valence-corrected chi connectivity index (χ1v) is 4.59. The van der Waals surface area contributed by atoms with E-state index >= 15 is 0 Å². The highest BCUT2D eigenvalue weighted by Gasteiger charge is 2.11. The summed E-state index contributed by atoms with van der Waals surface area (Å²) in [5, 5.41) is 15.4. The number of imidazole rings is 1. The molecule has 2 heterocycles. The molecule has 5 nitrogen and oxygen atoms in total. The van der Waals surface area contributed by atoms with Crippen LogP contribution in [0.3, 0.4) is 0 Å². The second-order valence-corrected chi connectivity index (χ2v) is 3.46. The number of hydrogen-bond acceptors (Lipinski definition) is 3. The van der Waals surface area contributed by atoms with E-state index in [-0.39, 0.29) is 0 Å². The molecular weight excluding hydrogens is 192 g/mol. The van der Waals surface area contributed by atoms with Gasteiger partial charge in [0.1, 0.15) is 5.52 Å². The zero-order valence-corrected chi connectivity index (χ0v) is 8.08. The number of hydrogen-bond donors (Lipinski definition) is 0. The topological polar surface area (TPSA) is 57.1 Å². The van der Waals surface area contributed by atoms with Gasteiger partial charge in [0.15, 0.2) is 0 Å². The third kappa shape index (κ3) is 1.06. The van der Waals surface area contributed by atoms with E-state index in [2.05, 4.69) is 10.1 Å². The van der Waals surface area contributed by atoms with Crippen molar-refractivity contribution in [1.82, 2.24) is 14.5 Å². The van der Waals surface area contributed by atoms with Gasteiger partial charge in [-0.25, -0.2) is 4.98 Å².